The van der Waals surface area contributed by atoms with Gasteiger partial charge in [0.15, 0.2) is 0 Å². The zero-order valence-electron chi connectivity index (χ0n) is 10.8. The van der Waals surface area contributed by atoms with E-state index in [-0.39, 0.29) is 0 Å². The summed E-state index contributed by atoms with van der Waals surface area (Å²) in [7, 11) is 0. The van der Waals surface area contributed by atoms with Crippen molar-refractivity contribution in [1.29, 1.82) is 0 Å². The van der Waals surface area contributed by atoms with Crippen LogP contribution in [0.15, 0.2) is 53.9 Å². The topological polar surface area (TPSA) is 83.5 Å². The van der Waals surface area contributed by atoms with Crippen LogP contribution in [0.5, 0.6) is 0 Å². The Bertz CT molecular complexity index is 674. The van der Waals surface area contributed by atoms with Gasteiger partial charge in [-0.25, -0.2) is 5.43 Å². The maximum atomic E-state index is 11.6. The predicted molar refractivity (Wildman–Crippen MR) is 80.1 cm³/mol. The van der Waals surface area contributed by atoms with E-state index >= 15 is 0 Å². The number of nitrogens with zero attached hydrogens (tertiary/aromatic N) is 2. The van der Waals surface area contributed by atoms with E-state index in [1.165, 1.54) is 12.3 Å². The van der Waals surface area contributed by atoms with Crippen LogP contribution in [0.1, 0.15) is 5.56 Å². The van der Waals surface area contributed by atoms with Crippen LogP contribution in [0.25, 0.3) is 0 Å². The summed E-state index contributed by atoms with van der Waals surface area (Å²) >= 11 is 5.78. The summed E-state index contributed by atoms with van der Waals surface area (Å²) in [6, 6.07) is 9.90. The van der Waals surface area contributed by atoms with Crippen LogP contribution in [-0.4, -0.2) is 23.0 Å². The van der Waals surface area contributed by atoms with Crippen molar-refractivity contribution in [3.8, 4) is 0 Å². The fourth-order valence-corrected chi connectivity index (χ4v) is 1.61. The molecule has 1 aromatic heterocycles. The monoisotopic (exact) mass is 302 g/mol. The van der Waals surface area contributed by atoms with Gasteiger partial charge in [-0.2, -0.15) is 5.10 Å². The number of carbonyl (C=O) groups is 2. The van der Waals surface area contributed by atoms with E-state index in [0.29, 0.717) is 10.7 Å². The summed E-state index contributed by atoms with van der Waals surface area (Å²) in [5.41, 5.74) is 3.31. The highest BCUT2D eigenvalue weighted by Gasteiger charge is 2.12. The molecule has 0 unspecified atom stereocenters. The van der Waals surface area contributed by atoms with Gasteiger partial charge in [-0.1, -0.05) is 17.7 Å². The molecule has 106 valence electrons. The Balaban J connectivity index is 1.88. The molecule has 0 aliphatic rings. The Hall–Kier alpha value is -2.73. The number of halogens is 1. The molecule has 21 heavy (non-hydrogen) atoms. The first-order valence-electron chi connectivity index (χ1n) is 5.95. The molecule has 2 amide bonds. The largest absolute Gasteiger partial charge is 0.329 e. The molecule has 1 heterocycles. The average Bonchev–Trinajstić information content (AvgIpc) is 2.48. The van der Waals surface area contributed by atoms with Crippen molar-refractivity contribution < 1.29 is 9.59 Å². The summed E-state index contributed by atoms with van der Waals surface area (Å²) in [4.78, 5) is 27.0. The van der Waals surface area contributed by atoms with E-state index in [2.05, 4.69) is 20.8 Å². The first kappa shape index (κ1) is 14.7. The SMILES string of the molecule is O=C(N/N=C/c1ccncc1)C(=O)Nc1cccc(Cl)c1. The third-order valence-corrected chi connectivity index (χ3v) is 2.61. The molecule has 0 spiro atoms. The highest BCUT2D eigenvalue weighted by Crippen LogP contribution is 2.14. The zero-order valence-corrected chi connectivity index (χ0v) is 11.5. The summed E-state index contributed by atoms with van der Waals surface area (Å²) in [6.07, 6.45) is 4.59. The number of hydrogen-bond donors (Lipinski definition) is 2. The number of hydrogen-bond acceptors (Lipinski definition) is 4. The van der Waals surface area contributed by atoms with Gasteiger partial charge in [-0.15, -0.1) is 0 Å². The van der Waals surface area contributed by atoms with Crippen LogP contribution in [0.3, 0.4) is 0 Å². The maximum absolute atomic E-state index is 11.6. The minimum atomic E-state index is -0.875. The Labute approximate surface area is 125 Å². The van der Waals surface area contributed by atoms with E-state index < -0.39 is 11.8 Å². The highest BCUT2D eigenvalue weighted by atomic mass is 35.5. The van der Waals surface area contributed by atoms with Gasteiger partial charge in [-0.3, -0.25) is 14.6 Å². The fraction of sp³-hybridized carbons (Fsp3) is 0. The van der Waals surface area contributed by atoms with Gasteiger partial charge in [0.05, 0.1) is 6.21 Å². The van der Waals surface area contributed by atoms with E-state index in [4.69, 9.17) is 11.6 Å². The average molecular weight is 303 g/mol. The minimum Gasteiger partial charge on any atom is -0.318 e. The number of aromatic nitrogens is 1. The quantitative estimate of drug-likeness (QED) is 0.515. The third-order valence-electron chi connectivity index (χ3n) is 2.37. The summed E-state index contributed by atoms with van der Waals surface area (Å²) in [5, 5.41) is 6.56. The van der Waals surface area contributed by atoms with Crippen LogP contribution in [0.4, 0.5) is 5.69 Å². The van der Waals surface area contributed by atoms with Crippen molar-refractivity contribution in [3.05, 3.63) is 59.4 Å². The van der Waals surface area contributed by atoms with Gasteiger partial charge in [0.25, 0.3) is 0 Å². The second-order valence-corrected chi connectivity index (χ2v) is 4.38. The first-order valence-corrected chi connectivity index (χ1v) is 6.33. The van der Waals surface area contributed by atoms with Crippen molar-refractivity contribution >= 4 is 35.3 Å². The molecule has 6 nitrogen and oxygen atoms in total. The molecule has 7 heteroatoms. The molecule has 0 fully saturated rings. The molecule has 0 radical (unpaired) electrons. The lowest BCUT2D eigenvalue weighted by Gasteiger charge is -2.03. The number of amides is 2. The summed E-state index contributed by atoms with van der Waals surface area (Å²) < 4.78 is 0. The van der Waals surface area contributed by atoms with Gasteiger partial charge < -0.3 is 5.32 Å². The Morgan fingerprint density at radius 3 is 2.62 bits per heavy atom. The predicted octanol–water partition coefficient (Wildman–Crippen LogP) is 1.82. The first-order chi connectivity index (χ1) is 10.1. The Morgan fingerprint density at radius 1 is 1.14 bits per heavy atom. The lowest BCUT2D eigenvalue weighted by molar-refractivity contribution is -0.136. The van der Waals surface area contributed by atoms with Crippen LogP contribution in [-0.2, 0) is 9.59 Å². The molecule has 2 N–H and O–H groups in total. The summed E-state index contributed by atoms with van der Waals surface area (Å²) in [6.45, 7) is 0. The normalized spacial score (nSPS) is 10.3. The standard InChI is InChI=1S/C14H11ClN4O2/c15-11-2-1-3-12(8-11)18-13(20)14(21)19-17-9-10-4-6-16-7-5-10/h1-9H,(H,18,20)(H,19,21)/b17-9+. The number of anilines is 1. The van der Waals surface area contributed by atoms with Gasteiger partial charge in [0.1, 0.15) is 0 Å². The zero-order chi connectivity index (χ0) is 15.1. The number of carbonyl (C=O) groups excluding carboxylic acids is 2. The van der Waals surface area contributed by atoms with Crippen LogP contribution in [0.2, 0.25) is 5.02 Å². The van der Waals surface area contributed by atoms with E-state index in [0.717, 1.165) is 5.56 Å². The molecular formula is C14H11ClN4O2. The number of rotatable bonds is 3. The summed E-state index contributed by atoms with van der Waals surface area (Å²) in [5.74, 6) is -1.70. The fourth-order valence-electron chi connectivity index (χ4n) is 1.42. The van der Waals surface area contributed by atoms with Gasteiger partial charge >= 0.3 is 11.8 Å². The molecule has 0 saturated carbocycles. The van der Waals surface area contributed by atoms with Gasteiger partial charge in [-0.05, 0) is 35.9 Å². The minimum absolute atomic E-state index is 0.431. The lowest BCUT2D eigenvalue weighted by atomic mass is 10.3. The van der Waals surface area contributed by atoms with Crippen LogP contribution < -0.4 is 10.7 Å². The third kappa shape index (κ3) is 4.70. The van der Waals surface area contributed by atoms with Crippen molar-refractivity contribution in [2.45, 2.75) is 0 Å². The van der Waals surface area contributed by atoms with Crippen molar-refractivity contribution in [3.63, 3.8) is 0 Å². The molecule has 0 aliphatic heterocycles. The van der Waals surface area contributed by atoms with E-state index in [9.17, 15) is 9.59 Å². The number of benzene rings is 1. The smallest absolute Gasteiger partial charge is 0.318 e. The van der Waals surface area contributed by atoms with Gasteiger partial charge in [0, 0.05) is 23.1 Å². The molecule has 2 rings (SSSR count). The number of nitrogens with one attached hydrogen (secondary N) is 2. The van der Waals surface area contributed by atoms with Crippen molar-refractivity contribution in [2.24, 2.45) is 5.10 Å². The molecule has 0 atom stereocenters. The van der Waals surface area contributed by atoms with Crippen LogP contribution in [0, 0.1) is 0 Å². The molecule has 0 aliphatic carbocycles. The lowest BCUT2D eigenvalue weighted by Crippen LogP contribution is -2.32. The molecule has 1 aromatic carbocycles. The van der Waals surface area contributed by atoms with E-state index in [1.54, 1.807) is 42.7 Å². The molecule has 0 saturated heterocycles. The Morgan fingerprint density at radius 2 is 1.90 bits per heavy atom. The van der Waals surface area contributed by atoms with Crippen LogP contribution >= 0.6 is 11.6 Å². The Kier molecular flexibility index (Phi) is 5.00. The van der Waals surface area contributed by atoms with Crippen molar-refractivity contribution in [1.82, 2.24) is 10.4 Å². The molecular weight excluding hydrogens is 292 g/mol. The van der Waals surface area contributed by atoms with Crippen molar-refractivity contribution in [2.75, 3.05) is 5.32 Å². The highest BCUT2D eigenvalue weighted by molar-refractivity contribution is 6.39. The number of pyridine rings is 1. The number of hydrazone groups is 1. The molecule has 0 bridgehead atoms. The van der Waals surface area contributed by atoms with Gasteiger partial charge in [0.2, 0.25) is 0 Å². The second kappa shape index (κ2) is 7.16. The van der Waals surface area contributed by atoms with E-state index in [1.807, 2.05) is 0 Å². The maximum Gasteiger partial charge on any atom is 0.329 e. The second-order valence-electron chi connectivity index (χ2n) is 3.94. The molecule has 2 aromatic rings.